The van der Waals surface area contributed by atoms with Gasteiger partial charge in [0.25, 0.3) is 0 Å². The zero-order valence-electron chi connectivity index (χ0n) is 13.5. The summed E-state index contributed by atoms with van der Waals surface area (Å²) in [5, 5.41) is 13.2. The highest BCUT2D eigenvalue weighted by Crippen LogP contribution is 2.23. The molecule has 0 amide bonds. The lowest BCUT2D eigenvalue weighted by Gasteiger charge is -2.27. The average Bonchev–Trinajstić information content (AvgIpc) is 2.78. The summed E-state index contributed by atoms with van der Waals surface area (Å²) in [6, 6.07) is 8.07. The smallest absolute Gasteiger partial charge is 0.308 e. The van der Waals surface area contributed by atoms with Crippen LogP contribution >= 0.6 is 0 Å². The maximum absolute atomic E-state index is 11.2. The van der Waals surface area contributed by atoms with Crippen LogP contribution in [-0.4, -0.2) is 22.8 Å². The molecule has 1 unspecified atom stereocenters. The van der Waals surface area contributed by atoms with Gasteiger partial charge in [-0.25, -0.2) is 0 Å². The van der Waals surface area contributed by atoms with Crippen LogP contribution in [0.25, 0.3) is 0 Å². The van der Waals surface area contributed by atoms with Crippen LogP contribution < -0.4 is 4.90 Å². The van der Waals surface area contributed by atoms with Crippen LogP contribution in [0.15, 0.2) is 28.8 Å². The van der Waals surface area contributed by atoms with E-state index in [1.165, 1.54) is 0 Å². The number of aromatic nitrogens is 1. The largest absolute Gasteiger partial charge is 0.481 e. The zero-order chi connectivity index (χ0) is 16.3. The summed E-state index contributed by atoms with van der Waals surface area (Å²) < 4.78 is 5.22. The Bertz CT molecular complexity index is 644. The van der Waals surface area contributed by atoms with Gasteiger partial charge in [0.1, 0.15) is 5.76 Å². The van der Waals surface area contributed by atoms with E-state index in [1.54, 1.807) is 6.92 Å². The van der Waals surface area contributed by atoms with Gasteiger partial charge in [-0.3, -0.25) is 4.79 Å². The first-order valence-electron chi connectivity index (χ1n) is 7.34. The molecule has 0 saturated carbocycles. The van der Waals surface area contributed by atoms with Crippen molar-refractivity contribution in [2.75, 3.05) is 11.4 Å². The summed E-state index contributed by atoms with van der Waals surface area (Å²) in [5.74, 6) is -0.476. The van der Waals surface area contributed by atoms with Crippen molar-refractivity contribution < 1.29 is 14.4 Å². The third-order valence-corrected chi connectivity index (χ3v) is 3.81. The van der Waals surface area contributed by atoms with E-state index in [0.717, 1.165) is 28.3 Å². The second kappa shape index (κ2) is 6.64. The van der Waals surface area contributed by atoms with Gasteiger partial charge in [0.05, 0.1) is 11.6 Å². The molecule has 5 heteroatoms. The van der Waals surface area contributed by atoms with Crippen LogP contribution in [0.5, 0.6) is 0 Å². The van der Waals surface area contributed by atoms with Crippen molar-refractivity contribution in [2.45, 2.75) is 34.2 Å². The summed E-state index contributed by atoms with van der Waals surface area (Å²) in [4.78, 5) is 13.3. The zero-order valence-corrected chi connectivity index (χ0v) is 13.5. The molecule has 0 aliphatic heterocycles. The van der Waals surface area contributed by atoms with Crippen LogP contribution in [0.4, 0.5) is 5.69 Å². The number of rotatable bonds is 6. The van der Waals surface area contributed by atoms with Crippen molar-refractivity contribution in [3.05, 3.63) is 46.8 Å². The molecule has 1 atom stereocenters. The normalized spacial score (nSPS) is 12.2. The van der Waals surface area contributed by atoms with E-state index in [2.05, 4.69) is 16.1 Å². The Balaban J connectivity index is 2.31. The minimum atomic E-state index is -0.795. The monoisotopic (exact) mass is 302 g/mol. The van der Waals surface area contributed by atoms with Gasteiger partial charge in [0.2, 0.25) is 0 Å². The van der Waals surface area contributed by atoms with Crippen molar-refractivity contribution in [2.24, 2.45) is 5.92 Å². The van der Waals surface area contributed by atoms with Crippen molar-refractivity contribution in [1.29, 1.82) is 0 Å². The summed E-state index contributed by atoms with van der Waals surface area (Å²) in [6.45, 7) is 8.55. The number of carboxylic acids is 1. The van der Waals surface area contributed by atoms with Crippen LogP contribution in [0.2, 0.25) is 0 Å². The van der Waals surface area contributed by atoms with E-state index >= 15 is 0 Å². The van der Waals surface area contributed by atoms with Gasteiger partial charge in [-0.1, -0.05) is 24.2 Å². The molecule has 1 aromatic carbocycles. The fourth-order valence-electron chi connectivity index (χ4n) is 2.41. The van der Waals surface area contributed by atoms with E-state index in [9.17, 15) is 9.90 Å². The fourth-order valence-corrected chi connectivity index (χ4v) is 2.41. The first-order valence-corrected chi connectivity index (χ1v) is 7.34. The third kappa shape index (κ3) is 3.67. The Morgan fingerprint density at radius 3 is 2.64 bits per heavy atom. The summed E-state index contributed by atoms with van der Waals surface area (Å²) in [5.41, 5.74) is 4.01. The summed E-state index contributed by atoms with van der Waals surface area (Å²) in [6.07, 6.45) is 0. The number of hydrogen-bond donors (Lipinski definition) is 1. The van der Waals surface area contributed by atoms with E-state index in [1.807, 2.05) is 39.0 Å². The quantitative estimate of drug-likeness (QED) is 0.886. The highest BCUT2D eigenvalue weighted by molar-refractivity contribution is 5.70. The number of aliphatic carboxylic acids is 1. The van der Waals surface area contributed by atoms with Crippen molar-refractivity contribution >= 4 is 11.7 Å². The summed E-state index contributed by atoms with van der Waals surface area (Å²) >= 11 is 0. The topological polar surface area (TPSA) is 66.6 Å². The van der Waals surface area contributed by atoms with Crippen LogP contribution in [0.3, 0.4) is 0 Å². The lowest BCUT2D eigenvalue weighted by atomic mass is 10.1. The van der Waals surface area contributed by atoms with Crippen LogP contribution in [-0.2, 0) is 11.3 Å². The number of carboxylic acid groups (broad SMARTS) is 1. The second-order valence-corrected chi connectivity index (χ2v) is 5.76. The van der Waals surface area contributed by atoms with Gasteiger partial charge in [0.15, 0.2) is 0 Å². The maximum Gasteiger partial charge on any atom is 0.308 e. The van der Waals surface area contributed by atoms with Gasteiger partial charge >= 0.3 is 5.97 Å². The molecular weight excluding hydrogens is 280 g/mol. The molecule has 0 saturated heterocycles. The number of benzene rings is 1. The Hall–Kier alpha value is -2.30. The number of carbonyl (C=O) groups is 1. The molecule has 5 nitrogen and oxygen atoms in total. The van der Waals surface area contributed by atoms with Gasteiger partial charge in [-0.15, -0.1) is 0 Å². The van der Waals surface area contributed by atoms with Gasteiger partial charge in [-0.05, 0) is 38.5 Å². The standard InChI is InChI=1S/C17H22N2O3/c1-11-6-5-7-15(8-11)19(9-12(2)17(20)21)10-16-13(3)18-22-14(16)4/h5-8,12H,9-10H2,1-4H3,(H,20,21). The van der Waals surface area contributed by atoms with E-state index < -0.39 is 11.9 Å². The molecule has 1 aromatic heterocycles. The summed E-state index contributed by atoms with van der Waals surface area (Å²) in [7, 11) is 0. The first-order chi connectivity index (χ1) is 10.4. The number of aryl methyl sites for hydroxylation is 3. The molecule has 0 bridgehead atoms. The number of anilines is 1. The Kier molecular flexibility index (Phi) is 4.85. The first kappa shape index (κ1) is 16.1. The van der Waals surface area contributed by atoms with Gasteiger partial charge in [-0.2, -0.15) is 0 Å². The molecule has 2 rings (SSSR count). The highest BCUT2D eigenvalue weighted by Gasteiger charge is 2.20. The molecule has 1 heterocycles. The molecule has 0 fully saturated rings. The highest BCUT2D eigenvalue weighted by atomic mass is 16.5. The van der Waals surface area contributed by atoms with E-state index in [0.29, 0.717) is 13.1 Å². The van der Waals surface area contributed by atoms with Crippen LogP contribution in [0.1, 0.15) is 29.5 Å². The van der Waals surface area contributed by atoms with E-state index in [4.69, 9.17) is 4.52 Å². The average molecular weight is 302 g/mol. The van der Waals surface area contributed by atoms with Gasteiger partial charge in [0, 0.05) is 24.3 Å². The lowest BCUT2D eigenvalue weighted by molar-refractivity contribution is -0.140. The molecule has 118 valence electrons. The molecule has 0 aliphatic rings. The maximum atomic E-state index is 11.2. The van der Waals surface area contributed by atoms with E-state index in [-0.39, 0.29) is 0 Å². The van der Waals surface area contributed by atoms with Crippen molar-refractivity contribution in [3.8, 4) is 0 Å². The predicted octanol–water partition coefficient (Wildman–Crippen LogP) is 3.33. The second-order valence-electron chi connectivity index (χ2n) is 5.76. The molecule has 0 aliphatic carbocycles. The lowest BCUT2D eigenvalue weighted by Crippen LogP contribution is -2.31. The van der Waals surface area contributed by atoms with Gasteiger partial charge < -0.3 is 14.5 Å². The SMILES string of the molecule is Cc1cccc(N(Cc2c(C)noc2C)CC(C)C(=O)O)c1. The van der Waals surface area contributed by atoms with Crippen molar-refractivity contribution in [1.82, 2.24) is 5.16 Å². The fraction of sp³-hybridized carbons (Fsp3) is 0.412. The molecular formula is C17H22N2O3. The molecule has 0 radical (unpaired) electrons. The Morgan fingerprint density at radius 1 is 1.36 bits per heavy atom. The van der Waals surface area contributed by atoms with Crippen LogP contribution in [0, 0.1) is 26.7 Å². The Labute approximate surface area is 130 Å². The Morgan fingerprint density at radius 2 is 2.09 bits per heavy atom. The number of nitrogens with zero attached hydrogens (tertiary/aromatic N) is 2. The molecule has 1 N–H and O–H groups in total. The van der Waals surface area contributed by atoms with Crippen molar-refractivity contribution in [3.63, 3.8) is 0 Å². The minimum absolute atomic E-state index is 0.433. The number of hydrogen-bond acceptors (Lipinski definition) is 4. The molecule has 22 heavy (non-hydrogen) atoms. The minimum Gasteiger partial charge on any atom is -0.481 e. The third-order valence-electron chi connectivity index (χ3n) is 3.81. The molecule has 0 spiro atoms. The molecule has 2 aromatic rings. The predicted molar refractivity (Wildman–Crippen MR) is 85.0 cm³/mol.